The topological polar surface area (TPSA) is 21.6 Å². The molecular weight excluding hydrogens is 164 g/mol. The molecule has 0 aliphatic heterocycles. The summed E-state index contributed by atoms with van der Waals surface area (Å²) in [5, 5.41) is 3.30. The van der Waals surface area contributed by atoms with Gasteiger partial charge in [-0.1, -0.05) is 5.16 Å². The molecule has 0 aliphatic carbocycles. The molecule has 0 saturated carbocycles. The summed E-state index contributed by atoms with van der Waals surface area (Å²) in [5.41, 5.74) is 0.0353. The smallest absolute Gasteiger partial charge is 0.132 e. The van der Waals surface area contributed by atoms with Crippen molar-refractivity contribution in [2.75, 3.05) is 7.11 Å². The lowest BCUT2D eigenvalue weighted by Gasteiger charge is -1.94. The summed E-state index contributed by atoms with van der Waals surface area (Å²) in [4.78, 5) is 4.31. The van der Waals surface area contributed by atoms with E-state index < -0.39 is 11.6 Å². The zero-order valence-corrected chi connectivity index (χ0v) is 6.34. The van der Waals surface area contributed by atoms with E-state index in [1.165, 1.54) is 7.11 Å². The molecule has 0 unspecified atom stereocenters. The minimum absolute atomic E-state index is 0.0353. The fraction of sp³-hybridized carbons (Fsp3) is 0.125. The van der Waals surface area contributed by atoms with Crippen molar-refractivity contribution in [3.05, 3.63) is 35.4 Å². The summed E-state index contributed by atoms with van der Waals surface area (Å²) < 4.78 is 25.2. The quantitative estimate of drug-likeness (QED) is 0.489. The molecule has 0 aliphatic rings. The van der Waals surface area contributed by atoms with E-state index >= 15 is 0 Å². The molecule has 1 aromatic carbocycles. The van der Waals surface area contributed by atoms with Crippen molar-refractivity contribution in [3.8, 4) is 0 Å². The van der Waals surface area contributed by atoms with Gasteiger partial charge in [-0.2, -0.15) is 0 Å². The molecule has 4 heteroatoms. The summed E-state index contributed by atoms with van der Waals surface area (Å²) in [6, 6.07) is 3.97. The maximum absolute atomic E-state index is 12.7. The van der Waals surface area contributed by atoms with Gasteiger partial charge in [-0.05, 0) is 12.1 Å². The van der Waals surface area contributed by atoms with E-state index in [0.29, 0.717) is 0 Å². The van der Waals surface area contributed by atoms with Crippen LogP contribution in [0.25, 0.3) is 0 Å². The first-order valence-corrected chi connectivity index (χ1v) is 3.17. The molecule has 0 spiro atoms. The van der Waals surface area contributed by atoms with Gasteiger partial charge in [-0.25, -0.2) is 8.78 Å². The largest absolute Gasteiger partial charge is 0.399 e. The monoisotopic (exact) mass is 170 g/mol. The third-order valence-corrected chi connectivity index (χ3v) is 1.19. The highest BCUT2D eigenvalue weighted by Gasteiger charge is 2.00. The van der Waals surface area contributed by atoms with Crippen LogP contribution in [0, 0.1) is 17.7 Å². The summed E-state index contributed by atoms with van der Waals surface area (Å²) in [6.45, 7) is 0. The fourth-order valence-corrected chi connectivity index (χ4v) is 0.671. The van der Waals surface area contributed by atoms with Crippen LogP contribution in [0.4, 0.5) is 8.78 Å². The molecule has 2 nitrogen and oxygen atoms in total. The third-order valence-electron chi connectivity index (χ3n) is 1.19. The van der Waals surface area contributed by atoms with Gasteiger partial charge in [-0.15, -0.1) is 0 Å². The first-order chi connectivity index (χ1) is 5.74. The number of hydrogen-bond donors (Lipinski definition) is 0. The highest BCUT2D eigenvalue weighted by molar-refractivity contribution is 5.79. The van der Waals surface area contributed by atoms with Crippen LogP contribution in [0.5, 0.6) is 0 Å². The van der Waals surface area contributed by atoms with Crippen LogP contribution in [-0.2, 0) is 4.84 Å². The third kappa shape index (κ3) is 2.02. The second kappa shape index (κ2) is 3.80. The second-order valence-electron chi connectivity index (χ2n) is 2.00. The van der Waals surface area contributed by atoms with Crippen molar-refractivity contribution in [3.63, 3.8) is 0 Å². The molecule has 63 valence electrons. The van der Waals surface area contributed by atoms with Crippen LogP contribution < -0.4 is 0 Å². The van der Waals surface area contributed by atoms with E-state index in [9.17, 15) is 8.78 Å². The van der Waals surface area contributed by atoms with Crippen molar-refractivity contribution < 1.29 is 13.6 Å². The second-order valence-corrected chi connectivity index (χ2v) is 2.00. The van der Waals surface area contributed by atoms with E-state index in [1.807, 2.05) is 0 Å². The summed E-state index contributed by atoms with van der Waals surface area (Å²) in [7, 11) is 1.32. The molecule has 0 fully saturated rings. The minimum atomic E-state index is -0.631. The van der Waals surface area contributed by atoms with E-state index in [-0.39, 0.29) is 5.56 Å². The zero-order chi connectivity index (χ0) is 8.97. The minimum Gasteiger partial charge on any atom is -0.399 e. The maximum Gasteiger partial charge on any atom is 0.132 e. The SMILES string of the molecule is CO/N=C/c1cc(F)[c]cc1F. The van der Waals surface area contributed by atoms with E-state index in [0.717, 1.165) is 18.3 Å². The number of oxime groups is 1. The Bertz CT molecular complexity index is 299. The molecule has 0 aromatic heterocycles. The van der Waals surface area contributed by atoms with Gasteiger partial charge in [0.2, 0.25) is 0 Å². The van der Waals surface area contributed by atoms with Crippen molar-refractivity contribution in [2.45, 2.75) is 0 Å². The molecule has 0 amide bonds. The average molecular weight is 170 g/mol. The number of halogens is 2. The van der Waals surface area contributed by atoms with Crippen LogP contribution in [0.3, 0.4) is 0 Å². The van der Waals surface area contributed by atoms with Gasteiger partial charge in [0, 0.05) is 11.6 Å². The molecule has 0 heterocycles. The molecule has 0 atom stereocenters. The Balaban J connectivity index is 2.97. The standard InChI is InChI=1S/C8H6F2NO/c1-12-11-5-6-4-7(9)2-3-8(6)10/h3-5H,1H3/b11-5+. The molecule has 0 bridgehead atoms. The Labute approximate surface area is 68.5 Å². The maximum atomic E-state index is 12.7. The summed E-state index contributed by atoms with van der Waals surface area (Å²) >= 11 is 0. The Morgan fingerprint density at radius 1 is 1.58 bits per heavy atom. The highest BCUT2D eigenvalue weighted by atomic mass is 19.1. The lowest BCUT2D eigenvalue weighted by atomic mass is 10.2. The number of nitrogens with zero attached hydrogens (tertiary/aromatic N) is 1. The molecule has 1 aromatic rings. The average Bonchev–Trinajstić information content (AvgIpc) is 2.07. The Morgan fingerprint density at radius 2 is 2.33 bits per heavy atom. The first-order valence-electron chi connectivity index (χ1n) is 3.17. The summed E-state index contributed by atoms with van der Waals surface area (Å²) in [6.07, 6.45) is 1.09. The van der Waals surface area contributed by atoms with Crippen LogP contribution >= 0.6 is 0 Å². The Morgan fingerprint density at radius 3 is 3.00 bits per heavy atom. The molecule has 1 rings (SSSR count). The Kier molecular flexibility index (Phi) is 2.74. The zero-order valence-electron chi connectivity index (χ0n) is 6.34. The number of hydrogen-bond acceptors (Lipinski definition) is 2. The molecular formula is C8H6F2NO. The van der Waals surface area contributed by atoms with Crippen LogP contribution in [0.15, 0.2) is 17.3 Å². The number of benzene rings is 1. The van der Waals surface area contributed by atoms with Crippen LogP contribution in [-0.4, -0.2) is 13.3 Å². The fourth-order valence-electron chi connectivity index (χ4n) is 0.671. The van der Waals surface area contributed by atoms with Crippen molar-refractivity contribution in [1.29, 1.82) is 0 Å². The van der Waals surface area contributed by atoms with E-state index in [2.05, 4.69) is 16.1 Å². The molecule has 12 heavy (non-hydrogen) atoms. The lowest BCUT2D eigenvalue weighted by Crippen LogP contribution is -1.90. The van der Waals surface area contributed by atoms with Crippen LogP contribution in [0.1, 0.15) is 5.56 Å². The predicted molar refractivity (Wildman–Crippen MR) is 39.8 cm³/mol. The van der Waals surface area contributed by atoms with Gasteiger partial charge >= 0.3 is 0 Å². The highest BCUT2D eigenvalue weighted by Crippen LogP contribution is 2.06. The normalized spacial score (nSPS) is 10.6. The molecule has 0 saturated heterocycles. The van der Waals surface area contributed by atoms with Gasteiger partial charge in [0.05, 0.1) is 6.21 Å². The predicted octanol–water partition coefficient (Wildman–Crippen LogP) is 1.75. The van der Waals surface area contributed by atoms with Crippen molar-refractivity contribution >= 4 is 6.21 Å². The van der Waals surface area contributed by atoms with Gasteiger partial charge < -0.3 is 4.84 Å². The first kappa shape index (κ1) is 8.64. The molecule has 1 radical (unpaired) electrons. The summed E-state index contributed by atoms with van der Waals surface area (Å²) in [5.74, 6) is -1.22. The van der Waals surface area contributed by atoms with Crippen molar-refractivity contribution in [2.24, 2.45) is 5.16 Å². The number of rotatable bonds is 2. The van der Waals surface area contributed by atoms with Gasteiger partial charge in [-0.3, -0.25) is 0 Å². The van der Waals surface area contributed by atoms with E-state index in [4.69, 9.17) is 0 Å². The van der Waals surface area contributed by atoms with Gasteiger partial charge in [0.15, 0.2) is 0 Å². The van der Waals surface area contributed by atoms with E-state index in [1.54, 1.807) is 0 Å². The lowest BCUT2D eigenvalue weighted by molar-refractivity contribution is 0.215. The van der Waals surface area contributed by atoms with Crippen LogP contribution in [0.2, 0.25) is 0 Å². The Hall–Kier alpha value is -1.45. The van der Waals surface area contributed by atoms with Gasteiger partial charge in [0.25, 0.3) is 0 Å². The van der Waals surface area contributed by atoms with Gasteiger partial charge in [0.1, 0.15) is 18.7 Å². The van der Waals surface area contributed by atoms with Crippen molar-refractivity contribution in [1.82, 2.24) is 0 Å². The molecule has 0 N–H and O–H groups in total.